The Hall–Kier alpha value is -4.31. The van der Waals surface area contributed by atoms with E-state index in [0.29, 0.717) is 58.8 Å². The van der Waals surface area contributed by atoms with E-state index in [0.717, 1.165) is 16.5 Å². The van der Waals surface area contributed by atoms with Crippen molar-refractivity contribution in [3.8, 4) is 16.8 Å². The molecule has 2 aliphatic rings. The number of carbonyl (C=O) groups excluding carboxylic acids is 1. The topological polar surface area (TPSA) is 100 Å². The molecule has 2 unspecified atom stereocenters. The first kappa shape index (κ1) is 30.3. The number of anilines is 1. The summed E-state index contributed by atoms with van der Waals surface area (Å²) in [5, 5.41) is 8.72. The van der Waals surface area contributed by atoms with E-state index in [4.69, 9.17) is 11.6 Å². The molecule has 3 aromatic heterocycles. The number of aryl methyl sites for hydroxylation is 1. The van der Waals surface area contributed by atoms with Crippen LogP contribution in [0.4, 0.5) is 10.1 Å². The van der Waals surface area contributed by atoms with Gasteiger partial charge in [-0.25, -0.2) is 14.4 Å². The third kappa shape index (κ3) is 4.36. The summed E-state index contributed by atoms with van der Waals surface area (Å²) in [7, 11) is 0. The monoisotopic (exact) mass is 641 g/mol. The van der Waals surface area contributed by atoms with Crippen LogP contribution in [0, 0.1) is 12.7 Å². The number of rotatable bonds is 4. The number of nitrogens with one attached hydrogen (secondary N) is 1. The maximum absolute atomic E-state index is 17.8. The third-order valence-electron chi connectivity index (χ3n) is 9.67. The first-order valence-corrected chi connectivity index (χ1v) is 16.2. The molecule has 0 spiro atoms. The second-order valence-corrected chi connectivity index (χ2v) is 13.7. The van der Waals surface area contributed by atoms with Crippen LogP contribution < -0.4 is 10.5 Å². The van der Waals surface area contributed by atoms with E-state index in [-0.39, 0.29) is 51.5 Å². The summed E-state index contributed by atoms with van der Waals surface area (Å²) in [6.07, 6.45) is 3.62. The number of carbonyl (C=O) groups is 1. The molecule has 1 amide bonds. The molecule has 46 heavy (non-hydrogen) atoms. The largest absolute Gasteiger partial charge is 0.363 e. The number of amides is 1. The maximum atomic E-state index is 17.8. The third-order valence-corrected chi connectivity index (χ3v) is 9.97. The van der Waals surface area contributed by atoms with E-state index in [9.17, 15) is 9.59 Å². The zero-order chi connectivity index (χ0) is 32.8. The van der Waals surface area contributed by atoms with Gasteiger partial charge in [0.2, 0.25) is 5.91 Å². The highest BCUT2D eigenvalue weighted by molar-refractivity contribution is 6.35. The van der Waals surface area contributed by atoms with Gasteiger partial charge in [0.15, 0.2) is 5.82 Å². The zero-order valence-corrected chi connectivity index (χ0v) is 27.8. The van der Waals surface area contributed by atoms with Crippen LogP contribution in [0.3, 0.4) is 0 Å². The van der Waals surface area contributed by atoms with Crippen molar-refractivity contribution in [2.75, 3.05) is 18.0 Å². The molecule has 1 N–H and O–H groups in total. The molecule has 2 aliphatic heterocycles. The van der Waals surface area contributed by atoms with Crippen molar-refractivity contribution in [3.63, 3.8) is 0 Å². The van der Waals surface area contributed by atoms with Gasteiger partial charge in [-0.15, -0.1) is 0 Å². The summed E-state index contributed by atoms with van der Waals surface area (Å²) in [5.74, 6) is -0.735. The highest BCUT2D eigenvalue weighted by atomic mass is 35.5. The molecule has 0 bridgehead atoms. The number of benzene rings is 2. The first-order chi connectivity index (χ1) is 21.9. The Balaban J connectivity index is 1.64. The second kappa shape index (κ2) is 10.9. The second-order valence-electron chi connectivity index (χ2n) is 13.3. The average molecular weight is 642 g/mol. The van der Waals surface area contributed by atoms with Crippen LogP contribution in [-0.2, 0) is 11.2 Å². The molecule has 2 atom stereocenters. The average Bonchev–Trinajstić information content (AvgIpc) is 3.63. The Morgan fingerprint density at radius 2 is 1.74 bits per heavy atom. The van der Waals surface area contributed by atoms with E-state index in [1.807, 2.05) is 58.6 Å². The molecule has 238 valence electrons. The van der Waals surface area contributed by atoms with Crippen molar-refractivity contribution in [1.82, 2.24) is 29.6 Å². The minimum Gasteiger partial charge on any atom is -0.363 e. The summed E-state index contributed by atoms with van der Waals surface area (Å²) in [6.45, 7) is 14.5. The van der Waals surface area contributed by atoms with Crippen LogP contribution in [0.2, 0.25) is 5.02 Å². The lowest BCUT2D eigenvalue weighted by Crippen LogP contribution is -2.57. The molecule has 7 rings (SSSR count). The predicted octanol–water partition coefficient (Wildman–Crippen LogP) is 6.65. The van der Waals surface area contributed by atoms with Crippen molar-refractivity contribution in [1.29, 1.82) is 0 Å². The molecule has 0 aliphatic carbocycles. The fraction of sp³-hybridized carbons (Fsp3) is 0.400. The van der Waals surface area contributed by atoms with Crippen molar-refractivity contribution >= 4 is 45.0 Å². The molecule has 5 heterocycles. The lowest BCUT2D eigenvalue weighted by Gasteiger charge is -2.43. The number of pyridine rings is 1. The molecule has 11 heteroatoms. The van der Waals surface area contributed by atoms with Crippen molar-refractivity contribution in [2.45, 2.75) is 78.8 Å². The number of hydrogen-bond acceptors (Lipinski definition) is 6. The number of aromatic nitrogens is 5. The molecule has 0 radical (unpaired) electrons. The summed E-state index contributed by atoms with van der Waals surface area (Å²) < 4.78 is 19.3. The van der Waals surface area contributed by atoms with Crippen molar-refractivity contribution in [3.05, 3.63) is 74.4 Å². The number of halogens is 2. The van der Waals surface area contributed by atoms with Crippen LogP contribution in [0.15, 0.2) is 35.5 Å². The number of H-pyrrole nitrogens is 1. The Morgan fingerprint density at radius 3 is 2.39 bits per heavy atom. The molecule has 0 saturated carbocycles. The Bertz CT molecular complexity index is 2110. The Morgan fingerprint density at radius 1 is 1.04 bits per heavy atom. The maximum Gasteiger partial charge on any atom is 0.261 e. The fourth-order valence-corrected chi connectivity index (χ4v) is 7.85. The lowest BCUT2D eigenvalue weighted by atomic mass is 9.94. The lowest BCUT2D eigenvalue weighted by molar-refractivity contribution is -0.131. The fourth-order valence-electron chi connectivity index (χ4n) is 7.56. The van der Waals surface area contributed by atoms with Gasteiger partial charge >= 0.3 is 0 Å². The van der Waals surface area contributed by atoms with Gasteiger partial charge in [0.25, 0.3) is 5.56 Å². The van der Waals surface area contributed by atoms with E-state index >= 15 is 4.39 Å². The number of fused-ring (bicyclic) bond motifs is 6. The Labute approximate surface area is 271 Å². The number of aromatic amines is 1. The van der Waals surface area contributed by atoms with Gasteiger partial charge in [0, 0.05) is 59.9 Å². The highest BCUT2D eigenvalue weighted by Gasteiger charge is 2.42. The summed E-state index contributed by atoms with van der Waals surface area (Å²) in [6, 6.07) is 5.42. The van der Waals surface area contributed by atoms with E-state index in [2.05, 4.69) is 25.1 Å². The van der Waals surface area contributed by atoms with E-state index in [1.165, 1.54) is 10.9 Å². The van der Waals surface area contributed by atoms with Gasteiger partial charge in [-0.2, -0.15) is 5.10 Å². The molecular weight excluding hydrogens is 605 g/mol. The number of nitrogens with zero attached hydrogens (tertiary/aromatic N) is 6. The molecule has 5 aromatic rings. The van der Waals surface area contributed by atoms with Gasteiger partial charge in [-0.1, -0.05) is 45.4 Å². The summed E-state index contributed by atoms with van der Waals surface area (Å²) in [5.41, 5.74) is 5.37. The van der Waals surface area contributed by atoms with Crippen molar-refractivity contribution in [2.24, 2.45) is 0 Å². The molecule has 9 nitrogen and oxygen atoms in total. The van der Waals surface area contributed by atoms with Gasteiger partial charge in [0.1, 0.15) is 6.33 Å². The number of piperazine rings is 1. The summed E-state index contributed by atoms with van der Waals surface area (Å²) in [4.78, 5) is 40.8. The van der Waals surface area contributed by atoms with E-state index < -0.39 is 5.82 Å². The smallest absolute Gasteiger partial charge is 0.261 e. The van der Waals surface area contributed by atoms with Crippen LogP contribution in [0.5, 0.6) is 0 Å². The van der Waals surface area contributed by atoms with E-state index in [1.54, 1.807) is 19.2 Å². The van der Waals surface area contributed by atoms with Gasteiger partial charge in [0.05, 0.1) is 51.1 Å². The highest BCUT2D eigenvalue weighted by Crippen LogP contribution is 2.46. The molecule has 1 saturated heterocycles. The zero-order valence-electron chi connectivity index (χ0n) is 27.1. The normalized spacial score (nSPS) is 17.9. The molecule has 1 fully saturated rings. The predicted molar refractivity (Wildman–Crippen MR) is 180 cm³/mol. The minimum atomic E-state index is -0.591. The van der Waals surface area contributed by atoms with Gasteiger partial charge in [-0.05, 0) is 43.4 Å². The first-order valence-electron chi connectivity index (χ1n) is 15.8. The van der Waals surface area contributed by atoms with Crippen LogP contribution in [-0.4, -0.2) is 60.7 Å². The SMILES string of the molecule is CC(=O)N1CC2Cc3c(c4cc(Cl)c(-c5c(C)ccc6[nH]ncc56)c(F)c4n(-c4c(C(C)C)ncnc4C(C)C)c3=O)N2CC1C. The van der Waals surface area contributed by atoms with Crippen LogP contribution in [0.1, 0.15) is 75.9 Å². The number of hydrogen-bond donors (Lipinski definition) is 1. The van der Waals surface area contributed by atoms with Crippen LogP contribution >= 0.6 is 11.6 Å². The quantitative estimate of drug-likeness (QED) is 0.236. The van der Waals surface area contributed by atoms with Crippen LogP contribution in [0.25, 0.3) is 38.6 Å². The molecular formula is C35H37ClFN7O2. The standard InChI is InChI=1S/C35H37ClFN7O2/c1-16(2)30-34(31(17(3)4)39-15-38-30)44-33-22(32-23(35(44)46)10-21-14-42(20(7)45)19(6)13-43(21)32)11-25(36)28(29(33)37)27-18(5)8-9-26-24(27)12-40-41-26/h8-9,11-12,15-17,19,21H,10,13-14H2,1-7H3,(H,40,41). The van der Waals surface area contributed by atoms with Crippen molar-refractivity contribution < 1.29 is 9.18 Å². The van der Waals surface area contributed by atoms with Gasteiger partial charge < -0.3 is 9.80 Å². The minimum absolute atomic E-state index is 0.00233. The Kier molecular flexibility index (Phi) is 7.19. The summed E-state index contributed by atoms with van der Waals surface area (Å²) >= 11 is 7.10. The van der Waals surface area contributed by atoms with Gasteiger partial charge in [-0.3, -0.25) is 19.3 Å². The molecule has 2 aromatic carbocycles.